The third-order valence-corrected chi connectivity index (χ3v) is 5.77. The fraction of sp³-hybridized carbons (Fsp3) is 0.571. The van der Waals surface area contributed by atoms with Gasteiger partial charge in [-0.15, -0.1) is 0 Å². The molecule has 5 heteroatoms. The van der Waals surface area contributed by atoms with Crippen molar-refractivity contribution in [3.8, 4) is 0 Å². The molecule has 1 saturated heterocycles. The molecule has 0 radical (unpaired) electrons. The number of nitrogens with zero attached hydrogens (tertiary/aromatic N) is 1. The largest absolute Gasteiger partial charge is 0.316 e. The van der Waals surface area contributed by atoms with E-state index >= 15 is 0 Å². The van der Waals surface area contributed by atoms with Crippen molar-refractivity contribution in [1.29, 1.82) is 0 Å². The summed E-state index contributed by atoms with van der Waals surface area (Å²) < 4.78 is 26.8. The molecule has 1 aromatic rings. The van der Waals surface area contributed by atoms with Crippen LogP contribution in [0.25, 0.3) is 0 Å². The fourth-order valence-electron chi connectivity index (χ4n) is 2.42. The molecular weight excluding hydrogens is 260 g/mol. The van der Waals surface area contributed by atoms with Gasteiger partial charge < -0.3 is 5.32 Å². The van der Waals surface area contributed by atoms with Gasteiger partial charge in [-0.1, -0.05) is 6.07 Å². The SMILES string of the molecule is CNC1CCCN(S(=O)(=O)c2ccc(C)c(C)c2)C1. The Morgan fingerprint density at radius 2 is 2.00 bits per heavy atom. The molecule has 1 aromatic carbocycles. The maximum absolute atomic E-state index is 12.6. The van der Waals surface area contributed by atoms with E-state index in [2.05, 4.69) is 5.32 Å². The number of piperidine rings is 1. The monoisotopic (exact) mass is 282 g/mol. The first kappa shape index (κ1) is 14.5. The van der Waals surface area contributed by atoms with Crippen LogP contribution in [0.4, 0.5) is 0 Å². The van der Waals surface area contributed by atoms with Gasteiger partial charge in [0.25, 0.3) is 0 Å². The Labute approximate surface area is 115 Å². The summed E-state index contributed by atoms with van der Waals surface area (Å²) in [5, 5.41) is 3.17. The summed E-state index contributed by atoms with van der Waals surface area (Å²) in [4.78, 5) is 0.410. The molecule has 1 aliphatic heterocycles. The summed E-state index contributed by atoms with van der Waals surface area (Å²) in [6.07, 6.45) is 1.95. The molecule has 1 unspecified atom stereocenters. The van der Waals surface area contributed by atoms with E-state index in [0.717, 1.165) is 24.0 Å². The lowest BCUT2D eigenvalue weighted by Crippen LogP contribution is -2.46. The number of hydrogen-bond acceptors (Lipinski definition) is 3. The molecule has 0 amide bonds. The lowest BCUT2D eigenvalue weighted by Gasteiger charge is -2.31. The van der Waals surface area contributed by atoms with E-state index in [9.17, 15) is 8.42 Å². The van der Waals surface area contributed by atoms with E-state index in [1.54, 1.807) is 16.4 Å². The van der Waals surface area contributed by atoms with Crippen molar-refractivity contribution in [2.75, 3.05) is 20.1 Å². The standard InChI is InChI=1S/C14H22N2O2S/c1-11-6-7-14(9-12(11)2)19(17,18)16-8-4-5-13(10-16)15-3/h6-7,9,13,15H,4-5,8,10H2,1-3H3. The molecule has 0 saturated carbocycles. The summed E-state index contributed by atoms with van der Waals surface area (Å²) in [5.41, 5.74) is 2.13. The molecule has 1 atom stereocenters. The minimum absolute atomic E-state index is 0.259. The van der Waals surface area contributed by atoms with Gasteiger partial charge in [-0.3, -0.25) is 0 Å². The van der Waals surface area contributed by atoms with Gasteiger partial charge in [-0.2, -0.15) is 4.31 Å². The van der Waals surface area contributed by atoms with E-state index in [1.165, 1.54) is 0 Å². The van der Waals surface area contributed by atoms with Crippen molar-refractivity contribution in [3.05, 3.63) is 29.3 Å². The van der Waals surface area contributed by atoms with Crippen molar-refractivity contribution < 1.29 is 8.42 Å². The molecule has 4 nitrogen and oxygen atoms in total. The third kappa shape index (κ3) is 2.99. The van der Waals surface area contributed by atoms with Gasteiger partial charge >= 0.3 is 0 Å². The molecular formula is C14H22N2O2S. The molecule has 1 aliphatic rings. The van der Waals surface area contributed by atoms with Gasteiger partial charge in [0.1, 0.15) is 0 Å². The maximum Gasteiger partial charge on any atom is 0.243 e. The highest BCUT2D eigenvalue weighted by Gasteiger charge is 2.29. The summed E-state index contributed by atoms with van der Waals surface area (Å²) >= 11 is 0. The first-order valence-electron chi connectivity index (χ1n) is 6.70. The predicted molar refractivity (Wildman–Crippen MR) is 76.8 cm³/mol. The van der Waals surface area contributed by atoms with Gasteiger partial charge in [0, 0.05) is 19.1 Å². The third-order valence-electron chi connectivity index (χ3n) is 3.91. The van der Waals surface area contributed by atoms with Crippen LogP contribution in [0.1, 0.15) is 24.0 Å². The molecule has 106 valence electrons. The van der Waals surface area contributed by atoms with E-state index in [-0.39, 0.29) is 6.04 Å². The van der Waals surface area contributed by atoms with Gasteiger partial charge in [0.15, 0.2) is 0 Å². The van der Waals surface area contributed by atoms with Gasteiger partial charge in [0.05, 0.1) is 4.90 Å². The normalized spacial score (nSPS) is 21.5. The number of likely N-dealkylation sites (N-methyl/N-ethyl adjacent to an activating group) is 1. The molecule has 0 aromatic heterocycles. The van der Waals surface area contributed by atoms with Crippen molar-refractivity contribution in [3.63, 3.8) is 0 Å². The molecule has 19 heavy (non-hydrogen) atoms. The average Bonchev–Trinajstić information content (AvgIpc) is 2.41. The molecule has 2 rings (SSSR count). The van der Waals surface area contributed by atoms with Crippen LogP contribution in [-0.4, -0.2) is 38.9 Å². The molecule has 1 N–H and O–H groups in total. The van der Waals surface area contributed by atoms with Crippen molar-refractivity contribution in [1.82, 2.24) is 9.62 Å². The number of benzene rings is 1. The fourth-order valence-corrected chi connectivity index (χ4v) is 4.03. The smallest absolute Gasteiger partial charge is 0.243 e. The number of sulfonamides is 1. The van der Waals surface area contributed by atoms with Crippen molar-refractivity contribution in [2.45, 2.75) is 37.6 Å². The molecule has 1 heterocycles. The first-order chi connectivity index (χ1) is 8.95. The van der Waals surface area contributed by atoms with Gasteiger partial charge in [-0.25, -0.2) is 8.42 Å². The number of hydrogen-bond donors (Lipinski definition) is 1. The maximum atomic E-state index is 12.6. The second-order valence-electron chi connectivity index (χ2n) is 5.24. The molecule has 0 aliphatic carbocycles. The second-order valence-corrected chi connectivity index (χ2v) is 7.17. The van der Waals surface area contributed by atoms with Crippen LogP contribution in [0.15, 0.2) is 23.1 Å². The summed E-state index contributed by atoms with van der Waals surface area (Å²) in [6.45, 7) is 5.11. The van der Waals surface area contributed by atoms with E-state index in [1.807, 2.05) is 27.0 Å². The summed E-state index contributed by atoms with van der Waals surface area (Å²) in [5.74, 6) is 0. The Hall–Kier alpha value is -0.910. The highest BCUT2D eigenvalue weighted by molar-refractivity contribution is 7.89. The Bertz CT molecular complexity index is 555. The van der Waals surface area contributed by atoms with Crippen LogP contribution in [0.3, 0.4) is 0 Å². The van der Waals surface area contributed by atoms with Crippen LogP contribution in [0, 0.1) is 13.8 Å². The summed E-state index contributed by atoms with van der Waals surface area (Å²) in [7, 11) is -1.47. The van der Waals surface area contributed by atoms with E-state index in [4.69, 9.17) is 0 Å². The van der Waals surface area contributed by atoms with E-state index in [0.29, 0.717) is 18.0 Å². The Morgan fingerprint density at radius 1 is 1.26 bits per heavy atom. The topological polar surface area (TPSA) is 49.4 Å². The zero-order chi connectivity index (χ0) is 14.0. The zero-order valence-electron chi connectivity index (χ0n) is 11.8. The quantitative estimate of drug-likeness (QED) is 0.917. The number of aryl methyl sites for hydroxylation is 2. The van der Waals surface area contributed by atoms with Crippen LogP contribution >= 0.6 is 0 Å². The lowest BCUT2D eigenvalue weighted by molar-refractivity contribution is 0.293. The van der Waals surface area contributed by atoms with Gasteiger partial charge in [0.2, 0.25) is 10.0 Å². The van der Waals surface area contributed by atoms with Crippen molar-refractivity contribution in [2.24, 2.45) is 0 Å². The van der Waals surface area contributed by atoms with Crippen LogP contribution < -0.4 is 5.32 Å². The highest BCUT2D eigenvalue weighted by atomic mass is 32.2. The van der Waals surface area contributed by atoms with Crippen LogP contribution in [-0.2, 0) is 10.0 Å². The minimum atomic E-state index is -3.35. The second kappa shape index (κ2) is 5.61. The predicted octanol–water partition coefficient (Wildman–Crippen LogP) is 1.68. The molecule has 0 spiro atoms. The molecule has 1 fully saturated rings. The Balaban J connectivity index is 2.28. The Kier molecular flexibility index (Phi) is 4.28. The average molecular weight is 282 g/mol. The van der Waals surface area contributed by atoms with Gasteiger partial charge in [-0.05, 0) is 57.0 Å². The zero-order valence-corrected chi connectivity index (χ0v) is 12.6. The number of rotatable bonds is 3. The summed E-state index contributed by atoms with van der Waals surface area (Å²) in [6, 6.07) is 5.62. The number of nitrogens with one attached hydrogen (secondary N) is 1. The minimum Gasteiger partial charge on any atom is -0.316 e. The Morgan fingerprint density at radius 3 is 2.63 bits per heavy atom. The van der Waals surface area contributed by atoms with E-state index < -0.39 is 10.0 Å². The van der Waals surface area contributed by atoms with Crippen LogP contribution in [0.2, 0.25) is 0 Å². The van der Waals surface area contributed by atoms with Crippen LogP contribution in [0.5, 0.6) is 0 Å². The highest BCUT2D eigenvalue weighted by Crippen LogP contribution is 2.22. The first-order valence-corrected chi connectivity index (χ1v) is 8.14. The van der Waals surface area contributed by atoms with Crippen molar-refractivity contribution >= 4 is 10.0 Å². The lowest BCUT2D eigenvalue weighted by atomic mass is 10.1. The molecule has 0 bridgehead atoms.